The standard InChI is InChI=1S/C10H20N6.HI/c1-8(2)4-5-12-10(11)13-6-9-14-7-15-16(9)3;/h7-8H,4-6H2,1-3H3,(H3,11,12,13);1H. The van der Waals surface area contributed by atoms with Crippen LogP contribution in [-0.4, -0.2) is 27.3 Å². The highest BCUT2D eigenvalue weighted by Crippen LogP contribution is 1.96. The van der Waals surface area contributed by atoms with Gasteiger partial charge in [0.15, 0.2) is 5.96 Å². The highest BCUT2D eigenvalue weighted by molar-refractivity contribution is 14.0. The van der Waals surface area contributed by atoms with Crippen molar-refractivity contribution >= 4 is 29.9 Å². The van der Waals surface area contributed by atoms with Gasteiger partial charge in [-0.3, -0.25) is 4.68 Å². The van der Waals surface area contributed by atoms with Crippen LogP contribution in [0.25, 0.3) is 0 Å². The topological polar surface area (TPSA) is 81.1 Å². The number of aliphatic imine (C=N–C) groups is 1. The second kappa shape index (κ2) is 8.26. The molecule has 1 rings (SSSR count). The Balaban J connectivity index is 0.00000256. The van der Waals surface area contributed by atoms with Gasteiger partial charge >= 0.3 is 0 Å². The summed E-state index contributed by atoms with van der Waals surface area (Å²) in [6.45, 7) is 5.66. The number of nitrogens with one attached hydrogen (secondary N) is 1. The number of aromatic nitrogens is 3. The van der Waals surface area contributed by atoms with Gasteiger partial charge in [-0.25, -0.2) is 9.98 Å². The fourth-order valence-electron chi connectivity index (χ4n) is 1.16. The summed E-state index contributed by atoms with van der Waals surface area (Å²) in [5.41, 5.74) is 5.71. The lowest BCUT2D eigenvalue weighted by molar-refractivity contribution is 0.576. The van der Waals surface area contributed by atoms with Gasteiger partial charge < -0.3 is 11.1 Å². The molecule has 0 spiro atoms. The second-order valence-corrected chi connectivity index (χ2v) is 4.11. The van der Waals surface area contributed by atoms with Crippen LogP contribution in [0, 0.1) is 5.92 Å². The average molecular weight is 352 g/mol. The van der Waals surface area contributed by atoms with Crippen molar-refractivity contribution in [3.05, 3.63) is 12.2 Å². The molecule has 0 aliphatic rings. The number of aryl methyl sites for hydroxylation is 1. The van der Waals surface area contributed by atoms with Crippen LogP contribution in [0.3, 0.4) is 0 Å². The lowest BCUT2D eigenvalue weighted by atomic mass is 10.1. The van der Waals surface area contributed by atoms with E-state index >= 15 is 0 Å². The first-order valence-corrected chi connectivity index (χ1v) is 5.46. The zero-order chi connectivity index (χ0) is 12.0. The van der Waals surface area contributed by atoms with Gasteiger partial charge in [-0.2, -0.15) is 5.10 Å². The molecular formula is C10H21IN6. The van der Waals surface area contributed by atoms with Crippen molar-refractivity contribution in [2.24, 2.45) is 23.7 Å². The van der Waals surface area contributed by atoms with Gasteiger partial charge in [0.25, 0.3) is 0 Å². The van der Waals surface area contributed by atoms with E-state index in [1.54, 1.807) is 4.68 Å². The zero-order valence-corrected chi connectivity index (χ0v) is 12.9. The van der Waals surface area contributed by atoms with E-state index in [-0.39, 0.29) is 24.0 Å². The molecule has 1 heterocycles. The van der Waals surface area contributed by atoms with Crippen LogP contribution in [0.4, 0.5) is 0 Å². The Bertz CT molecular complexity index is 346. The SMILES string of the molecule is CC(C)CCNC(N)=NCc1ncnn1C.I. The van der Waals surface area contributed by atoms with E-state index in [0.717, 1.165) is 18.8 Å². The summed E-state index contributed by atoms with van der Waals surface area (Å²) in [6, 6.07) is 0. The molecule has 0 amide bonds. The molecule has 0 saturated heterocycles. The van der Waals surface area contributed by atoms with E-state index in [1.165, 1.54) is 6.33 Å². The van der Waals surface area contributed by atoms with Crippen molar-refractivity contribution in [1.82, 2.24) is 20.1 Å². The predicted octanol–water partition coefficient (Wildman–Crippen LogP) is 0.883. The second-order valence-electron chi connectivity index (χ2n) is 4.11. The Morgan fingerprint density at radius 3 is 2.82 bits per heavy atom. The molecule has 0 aliphatic heterocycles. The third-order valence-electron chi connectivity index (χ3n) is 2.22. The van der Waals surface area contributed by atoms with E-state index in [1.807, 2.05) is 7.05 Å². The normalized spacial score (nSPS) is 11.4. The molecule has 6 nitrogen and oxygen atoms in total. The van der Waals surface area contributed by atoms with Gasteiger partial charge in [0.2, 0.25) is 0 Å². The van der Waals surface area contributed by atoms with E-state index < -0.39 is 0 Å². The van der Waals surface area contributed by atoms with Crippen molar-refractivity contribution in [3.8, 4) is 0 Å². The molecule has 0 unspecified atom stereocenters. The highest BCUT2D eigenvalue weighted by Gasteiger charge is 1.99. The minimum Gasteiger partial charge on any atom is -0.370 e. The molecule has 0 radical (unpaired) electrons. The van der Waals surface area contributed by atoms with Crippen molar-refractivity contribution in [2.45, 2.75) is 26.8 Å². The fraction of sp³-hybridized carbons (Fsp3) is 0.700. The number of nitrogens with zero attached hydrogens (tertiary/aromatic N) is 4. The number of rotatable bonds is 5. The number of halogens is 1. The summed E-state index contributed by atoms with van der Waals surface area (Å²) in [5.74, 6) is 1.93. The molecule has 0 aliphatic carbocycles. The molecule has 17 heavy (non-hydrogen) atoms. The van der Waals surface area contributed by atoms with Crippen molar-refractivity contribution < 1.29 is 0 Å². The van der Waals surface area contributed by atoms with Crippen molar-refractivity contribution in [2.75, 3.05) is 6.54 Å². The summed E-state index contributed by atoms with van der Waals surface area (Å²) in [6.07, 6.45) is 2.59. The van der Waals surface area contributed by atoms with Crippen LogP contribution >= 0.6 is 24.0 Å². The fourth-order valence-corrected chi connectivity index (χ4v) is 1.16. The smallest absolute Gasteiger partial charge is 0.189 e. The summed E-state index contributed by atoms with van der Waals surface area (Å²) in [4.78, 5) is 8.24. The number of guanidine groups is 1. The first-order chi connectivity index (χ1) is 7.59. The van der Waals surface area contributed by atoms with Gasteiger partial charge in [-0.15, -0.1) is 24.0 Å². The number of nitrogens with two attached hydrogens (primary N) is 1. The third kappa shape index (κ3) is 6.44. The summed E-state index contributed by atoms with van der Waals surface area (Å²) >= 11 is 0. The molecule has 98 valence electrons. The van der Waals surface area contributed by atoms with Crippen LogP contribution in [0.15, 0.2) is 11.3 Å². The Labute approximate surface area is 119 Å². The van der Waals surface area contributed by atoms with Gasteiger partial charge in [0, 0.05) is 13.6 Å². The van der Waals surface area contributed by atoms with Crippen LogP contribution in [0.1, 0.15) is 26.1 Å². The van der Waals surface area contributed by atoms with E-state index in [2.05, 4.69) is 34.2 Å². The maximum atomic E-state index is 5.71. The summed E-state index contributed by atoms with van der Waals surface area (Å²) in [7, 11) is 1.83. The largest absolute Gasteiger partial charge is 0.370 e. The lowest BCUT2D eigenvalue weighted by Gasteiger charge is -2.07. The minimum absolute atomic E-state index is 0. The van der Waals surface area contributed by atoms with Gasteiger partial charge in [-0.05, 0) is 12.3 Å². The molecule has 7 heteroatoms. The molecule has 3 N–H and O–H groups in total. The van der Waals surface area contributed by atoms with Gasteiger partial charge in [0.1, 0.15) is 18.7 Å². The Morgan fingerprint density at radius 1 is 1.59 bits per heavy atom. The Morgan fingerprint density at radius 2 is 2.29 bits per heavy atom. The molecular weight excluding hydrogens is 331 g/mol. The quantitative estimate of drug-likeness (QED) is 0.468. The summed E-state index contributed by atoms with van der Waals surface area (Å²) in [5, 5.41) is 7.02. The minimum atomic E-state index is 0. The molecule has 1 aromatic heterocycles. The molecule has 0 fully saturated rings. The van der Waals surface area contributed by atoms with E-state index in [9.17, 15) is 0 Å². The van der Waals surface area contributed by atoms with Gasteiger partial charge in [-0.1, -0.05) is 13.8 Å². The molecule has 0 atom stereocenters. The maximum absolute atomic E-state index is 5.71. The number of hydrogen-bond donors (Lipinski definition) is 2. The molecule has 0 bridgehead atoms. The van der Waals surface area contributed by atoms with Crippen LogP contribution in [-0.2, 0) is 13.6 Å². The van der Waals surface area contributed by atoms with E-state index in [0.29, 0.717) is 18.4 Å². The van der Waals surface area contributed by atoms with Crippen molar-refractivity contribution in [3.63, 3.8) is 0 Å². The highest BCUT2D eigenvalue weighted by atomic mass is 127. The Kier molecular flexibility index (Phi) is 7.85. The van der Waals surface area contributed by atoms with Crippen LogP contribution < -0.4 is 11.1 Å². The average Bonchev–Trinajstić information content (AvgIpc) is 2.60. The number of hydrogen-bond acceptors (Lipinski definition) is 3. The monoisotopic (exact) mass is 352 g/mol. The zero-order valence-electron chi connectivity index (χ0n) is 10.6. The first-order valence-electron chi connectivity index (χ1n) is 5.46. The molecule has 0 saturated carbocycles. The maximum Gasteiger partial charge on any atom is 0.189 e. The summed E-state index contributed by atoms with van der Waals surface area (Å²) < 4.78 is 1.69. The first kappa shape index (κ1) is 16.1. The van der Waals surface area contributed by atoms with Crippen LogP contribution in [0.5, 0.6) is 0 Å². The lowest BCUT2D eigenvalue weighted by Crippen LogP contribution is -2.33. The Hall–Kier alpha value is -0.860. The van der Waals surface area contributed by atoms with Gasteiger partial charge in [0.05, 0.1) is 0 Å². The van der Waals surface area contributed by atoms with Crippen LogP contribution in [0.2, 0.25) is 0 Å². The van der Waals surface area contributed by atoms with E-state index in [4.69, 9.17) is 5.73 Å². The third-order valence-corrected chi connectivity index (χ3v) is 2.22. The molecule has 1 aromatic rings. The predicted molar refractivity (Wildman–Crippen MR) is 79.2 cm³/mol. The van der Waals surface area contributed by atoms with Crippen molar-refractivity contribution in [1.29, 1.82) is 0 Å². The molecule has 0 aromatic carbocycles.